The van der Waals surface area contributed by atoms with Crippen LogP contribution in [0.1, 0.15) is 29.5 Å². The number of rotatable bonds is 4. The first-order valence-corrected chi connectivity index (χ1v) is 9.03. The van der Waals surface area contributed by atoms with Gasteiger partial charge in [-0.25, -0.2) is 8.42 Å². The average Bonchev–Trinajstić information content (AvgIpc) is 2.38. The van der Waals surface area contributed by atoms with E-state index in [4.69, 9.17) is 0 Å². The highest BCUT2D eigenvalue weighted by Crippen LogP contribution is 2.28. The van der Waals surface area contributed by atoms with Gasteiger partial charge in [-0.2, -0.15) is 4.31 Å². The van der Waals surface area contributed by atoms with E-state index >= 15 is 0 Å². The summed E-state index contributed by atoms with van der Waals surface area (Å²) < 4.78 is 27.5. The van der Waals surface area contributed by atoms with Crippen LogP contribution in [0.15, 0.2) is 17.0 Å². The van der Waals surface area contributed by atoms with Gasteiger partial charge in [-0.3, -0.25) is 0 Å². The highest BCUT2D eigenvalue weighted by atomic mass is 35.5. The van der Waals surface area contributed by atoms with Crippen molar-refractivity contribution in [1.29, 1.82) is 0 Å². The zero-order valence-corrected chi connectivity index (χ0v) is 15.5. The molecule has 22 heavy (non-hydrogen) atoms. The summed E-state index contributed by atoms with van der Waals surface area (Å²) in [6.45, 7) is 8.00. The van der Waals surface area contributed by atoms with Crippen LogP contribution in [0.25, 0.3) is 0 Å². The Balaban J connectivity index is 0.00000242. The van der Waals surface area contributed by atoms with Crippen molar-refractivity contribution in [2.75, 3.05) is 26.7 Å². The predicted molar refractivity (Wildman–Crippen MR) is 93.3 cm³/mol. The Hall–Kier alpha value is -0.620. The van der Waals surface area contributed by atoms with Crippen molar-refractivity contribution in [1.82, 2.24) is 9.62 Å². The van der Waals surface area contributed by atoms with Crippen molar-refractivity contribution in [3.8, 4) is 0 Å². The lowest BCUT2D eigenvalue weighted by molar-refractivity contribution is 0.270. The molecule has 0 atom stereocenters. The fourth-order valence-electron chi connectivity index (χ4n) is 3.35. The molecule has 0 aliphatic carbocycles. The van der Waals surface area contributed by atoms with Gasteiger partial charge < -0.3 is 5.32 Å². The third kappa shape index (κ3) is 4.02. The molecule has 2 rings (SSSR count). The van der Waals surface area contributed by atoms with Crippen LogP contribution in [0, 0.1) is 26.7 Å². The van der Waals surface area contributed by atoms with Gasteiger partial charge in [-0.1, -0.05) is 17.7 Å². The number of nitrogens with zero attached hydrogens (tertiary/aromatic N) is 1. The van der Waals surface area contributed by atoms with Crippen LogP contribution in [-0.4, -0.2) is 39.4 Å². The fourth-order valence-corrected chi connectivity index (χ4v) is 5.23. The van der Waals surface area contributed by atoms with Crippen LogP contribution >= 0.6 is 12.4 Å². The van der Waals surface area contributed by atoms with Crippen molar-refractivity contribution >= 4 is 22.4 Å². The number of hydrogen-bond donors (Lipinski definition) is 1. The minimum atomic E-state index is -3.37. The lowest BCUT2D eigenvalue weighted by atomic mass is 9.98. The highest BCUT2D eigenvalue weighted by Gasteiger charge is 2.31. The lowest BCUT2D eigenvalue weighted by Gasteiger charge is -2.32. The molecule has 0 radical (unpaired) electrons. The molecule has 0 amide bonds. The van der Waals surface area contributed by atoms with Crippen molar-refractivity contribution in [2.45, 2.75) is 38.5 Å². The van der Waals surface area contributed by atoms with E-state index in [1.165, 1.54) is 0 Å². The maximum atomic E-state index is 12.9. The van der Waals surface area contributed by atoms with Gasteiger partial charge >= 0.3 is 0 Å². The third-order valence-electron chi connectivity index (χ3n) is 4.27. The Labute approximate surface area is 140 Å². The second-order valence-corrected chi connectivity index (χ2v) is 8.01. The Kier molecular flexibility index (Phi) is 6.86. The topological polar surface area (TPSA) is 49.4 Å². The van der Waals surface area contributed by atoms with Crippen LogP contribution in [0.4, 0.5) is 0 Å². The van der Waals surface area contributed by atoms with Gasteiger partial charge in [0.05, 0.1) is 4.90 Å². The molecule has 0 unspecified atom stereocenters. The molecule has 1 N–H and O–H groups in total. The van der Waals surface area contributed by atoms with Crippen LogP contribution < -0.4 is 5.32 Å². The van der Waals surface area contributed by atoms with E-state index in [0.717, 1.165) is 36.1 Å². The lowest BCUT2D eigenvalue weighted by Crippen LogP contribution is -2.40. The molecule has 1 aliphatic heterocycles. The molecule has 1 aromatic carbocycles. The summed E-state index contributed by atoms with van der Waals surface area (Å²) in [4.78, 5) is 0.500. The van der Waals surface area contributed by atoms with Crippen molar-refractivity contribution in [3.05, 3.63) is 28.8 Å². The summed E-state index contributed by atoms with van der Waals surface area (Å²) in [6.07, 6.45) is 1.87. The Bertz CT molecular complexity index is 586. The van der Waals surface area contributed by atoms with Crippen LogP contribution in [0.3, 0.4) is 0 Å². The van der Waals surface area contributed by atoms with Gasteiger partial charge in [-0.15, -0.1) is 12.4 Å². The largest absolute Gasteiger partial charge is 0.319 e. The third-order valence-corrected chi connectivity index (χ3v) is 6.47. The summed E-state index contributed by atoms with van der Waals surface area (Å²) in [5.74, 6) is 0.585. The first-order chi connectivity index (χ1) is 9.86. The Morgan fingerprint density at radius 3 is 2.09 bits per heavy atom. The fraction of sp³-hybridized carbons (Fsp3) is 0.625. The van der Waals surface area contributed by atoms with E-state index < -0.39 is 10.0 Å². The van der Waals surface area contributed by atoms with Crippen LogP contribution in [0.2, 0.25) is 0 Å². The minimum absolute atomic E-state index is 0. The first-order valence-electron chi connectivity index (χ1n) is 7.59. The number of nitrogens with one attached hydrogen (secondary N) is 1. The zero-order valence-electron chi connectivity index (χ0n) is 13.8. The maximum Gasteiger partial charge on any atom is 0.243 e. The van der Waals surface area contributed by atoms with E-state index in [2.05, 4.69) is 5.32 Å². The first kappa shape index (κ1) is 19.4. The second kappa shape index (κ2) is 7.77. The van der Waals surface area contributed by atoms with Crippen molar-refractivity contribution in [3.63, 3.8) is 0 Å². The van der Waals surface area contributed by atoms with E-state index in [9.17, 15) is 8.42 Å². The molecule has 126 valence electrons. The van der Waals surface area contributed by atoms with E-state index in [-0.39, 0.29) is 12.4 Å². The minimum Gasteiger partial charge on any atom is -0.319 e. The maximum absolute atomic E-state index is 12.9. The van der Waals surface area contributed by atoms with E-state index in [1.807, 2.05) is 40.0 Å². The molecule has 1 fully saturated rings. The molecule has 0 saturated carbocycles. The van der Waals surface area contributed by atoms with E-state index in [0.29, 0.717) is 23.9 Å². The van der Waals surface area contributed by atoms with Crippen molar-refractivity contribution in [2.24, 2.45) is 5.92 Å². The molecule has 1 saturated heterocycles. The predicted octanol–water partition coefficient (Wildman–Crippen LogP) is 2.65. The number of hydrogen-bond acceptors (Lipinski definition) is 3. The Morgan fingerprint density at radius 1 is 1.14 bits per heavy atom. The number of halogens is 1. The quantitative estimate of drug-likeness (QED) is 0.911. The molecule has 0 spiro atoms. The smallest absolute Gasteiger partial charge is 0.243 e. The second-order valence-electron chi connectivity index (χ2n) is 6.13. The molecule has 1 heterocycles. The number of piperidine rings is 1. The number of aryl methyl sites for hydroxylation is 3. The van der Waals surface area contributed by atoms with Crippen LogP contribution in [0.5, 0.6) is 0 Å². The molecule has 1 aromatic rings. The molecule has 6 heteroatoms. The monoisotopic (exact) mass is 346 g/mol. The molecule has 1 aliphatic rings. The SMILES string of the molecule is CNCC1CCN(S(=O)(=O)c2c(C)cc(C)cc2C)CC1.Cl. The molecule has 0 aromatic heterocycles. The highest BCUT2D eigenvalue weighted by molar-refractivity contribution is 7.89. The van der Waals surface area contributed by atoms with Crippen molar-refractivity contribution < 1.29 is 8.42 Å². The summed E-state index contributed by atoms with van der Waals surface area (Å²) in [7, 11) is -1.42. The normalized spacial score (nSPS) is 17.3. The summed E-state index contributed by atoms with van der Waals surface area (Å²) >= 11 is 0. The molecular weight excluding hydrogens is 320 g/mol. The summed E-state index contributed by atoms with van der Waals surface area (Å²) in [6, 6.07) is 3.90. The molecular formula is C16H27ClN2O2S. The van der Waals surface area contributed by atoms with E-state index in [1.54, 1.807) is 4.31 Å². The number of sulfonamides is 1. The molecule has 0 bridgehead atoms. The van der Waals surface area contributed by atoms with Gasteiger partial charge in [0.25, 0.3) is 0 Å². The molecule has 4 nitrogen and oxygen atoms in total. The average molecular weight is 347 g/mol. The van der Waals surface area contributed by atoms with Gasteiger partial charge in [0, 0.05) is 13.1 Å². The number of benzene rings is 1. The van der Waals surface area contributed by atoms with Gasteiger partial charge in [0.1, 0.15) is 0 Å². The van der Waals surface area contributed by atoms with Crippen LogP contribution in [-0.2, 0) is 10.0 Å². The van der Waals surface area contributed by atoms with Gasteiger partial charge in [0.2, 0.25) is 10.0 Å². The summed E-state index contributed by atoms with van der Waals surface area (Å²) in [5.41, 5.74) is 2.81. The van der Waals surface area contributed by atoms with Gasteiger partial charge in [-0.05, 0) is 64.3 Å². The van der Waals surface area contributed by atoms with Gasteiger partial charge in [0.15, 0.2) is 0 Å². The zero-order chi connectivity index (χ0) is 15.6. The summed E-state index contributed by atoms with van der Waals surface area (Å²) in [5, 5.41) is 3.18. The Morgan fingerprint density at radius 2 is 1.64 bits per heavy atom. The standard InChI is InChI=1S/C16H26N2O2S.ClH/c1-12-9-13(2)16(14(3)10-12)21(19,20)18-7-5-15(6-8-18)11-17-4;/h9-10,15,17H,5-8,11H2,1-4H3;1H.